The largest absolute Gasteiger partial charge is 0.389 e. The van der Waals surface area contributed by atoms with Crippen molar-refractivity contribution in [3.05, 3.63) is 58.1 Å². The van der Waals surface area contributed by atoms with Gasteiger partial charge in [0, 0.05) is 27.0 Å². The number of carbonyl (C=O) groups excluding carboxylic acids is 1. The van der Waals surface area contributed by atoms with E-state index in [1.165, 1.54) is 0 Å². The molecule has 2 aromatic rings. The van der Waals surface area contributed by atoms with Crippen molar-refractivity contribution in [2.75, 3.05) is 5.32 Å². The molecule has 102 valence electrons. The van der Waals surface area contributed by atoms with E-state index in [0.29, 0.717) is 10.6 Å². The molecule has 0 aliphatic heterocycles. The molecule has 0 spiro atoms. The standard InChI is InChI=1S/C14H12BrN3OS/c15-9-3-6-11(14(17)20)12(7-9)18-10-4-1-8(2-5-10)13(16)19/h1-7,18H,(H2,16,19)(H2,17,20). The minimum atomic E-state index is -0.456. The fraction of sp³-hybridized carbons (Fsp3) is 0. The van der Waals surface area contributed by atoms with E-state index in [1.54, 1.807) is 24.3 Å². The van der Waals surface area contributed by atoms with E-state index < -0.39 is 5.91 Å². The summed E-state index contributed by atoms with van der Waals surface area (Å²) in [6, 6.07) is 12.4. The molecule has 2 aromatic carbocycles. The van der Waals surface area contributed by atoms with E-state index in [2.05, 4.69) is 21.2 Å². The Morgan fingerprint density at radius 1 is 1.10 bits per heavy atom. The molecule has 0 bridgehead atoms. The first kappa shape index (κ1) is 14.5. The number of carbonyl (C=O) groups is 1. The van der Waals surface area contributed by atoms with Crippen molar-refractivity contribution in [3.63, 3.8) is 0 Å². The Bertz CT molecular complexity index is 671. The first-order chi connectivity index (χ1) is 9.47. The zero-order valence-corrected chi connectivity index (χ0v) is 12.8. The molecule has 0 aliphatic rings. The zero-order chi connectivity index (χ0) is 14.7. The van der Waals surface area contributed by atoms with E-state index in [4.69, 9.17) is 23.7 Å². The molecule has 2 rings (SSSR count). The van der Waals surface area contributed by atoms with Crippen molar-refractivity contribution in [2.45, 2.75) is 0 Å². The minimum Gasteiger partial charge on any atom is -0.389 e. The average Bonchev–Trinajstić information content (AvgIpc) is 2.39. The Morgan fingerprint density at radius 3 is 2.30 bits per heavy atom. The molecule has 1 amide bonds. The summed E-state index contributed by atoms with van der Waals surface area (Å²) in [6.07, 6.45) is 0. The van der Waals surface area contributed by atoms with E-state index in [-0.39, 0.29) is 0 Å². The van der Waals surface area contributed by atoms with Gasteiger partial charge in [0.15, 0.2) is 0 Å². The fourth-order valence-corrected chi connectivity index (χ4v) is 2.25. The summed E-state index contributed by atoms with van der Waals surface area (Å²) in [5, 5.41) is 3.21. The summed E-state index contributed by atoms with van der Waals surface area (Å²) < 4.78 is 0.911. The summed E-state index contributed by atoms with van der Waals surface area (Å²) in [5.74, 6) is -0.456. The molecule has 0 saturated carbocycles. The third-order valence-electron chi connectivity index (χ3n) is 2.70. The Balaban J connectivity index is 2.31. The number of primary amides is 1. The number of hydrogen-bond donors (Lipinski definition) is 3. The van der Waals surface area contributed by atoms with Crippen LogP contribution in [0.2, 0.25) is 0 Å². The van der Waals surface area contributed by atoms with Crippen molar-refractivity contribution < 1.29 is 4.79 Å². The van der Waals surface area contributed by atoms with Crippen LogP contribution in [0.1, 0.15) is 15.9 Å². The van der Waals surface area contributed by atoms with Crippen LogP contribution in [0, 0.1) is 0 Å². The number of thiocarbonyl (C=S) groups is 1. The van der Waals surface area contributed by atoms with E-state index in [0.717, 1.165) is 21.4 Å². The maximum absolute atomic E-state index is 11.0. The van der Waals surface area contributed by atoms with Crippen molar-refractivity contribution >= 4 is 50.4 Å². The molecular formula is C14H12BrN3OS. The highest BCUT2D eigenvalue weighted by Crippen LogP contribution is 2.25. The van der Waals surface area contributed by atoms with Gasteiger partial charge in [0.1, 0.15) is 4.99 Å². The highest BCUT2D eigenvalue weighted by atomic mass is 79.9. The number of rotatable bonds is 4. The van der Waals surface area contributed by atoms with Gasteiger partial charge in [-0.1, -0.05) is 28.1 Å². The van der Waals surface area contributed by atoms with Gasteiger partial charge >= 0.3 is 0 Å². The Labute approximate surface area is 130 Å². The maximum Gasteiger partial charge on any atom is 0.248 e. The summed E-state index contributed by atoms with van der Waals surface area (Å²) >= 11 is 8.43. The predicted molar refractivity (Wildman–Crippen MR) is 88.3 cm³/mol. The molecule has 0 aliphatic carbocycles. The Kier molecular flexibility index (Phi) is 4.36. The first-order valence-corrected chi connectivity index (χ1v) is 6.94. The number of hydrogen-bond acceptors (Lipinski definition) is 3. The van der Waals surface area contributed by atoms with Crippen molar-refractivity contribution in [1.29, 1.82) is 0 Å². The molecule has 6 heteroatoms. The van der Waals surface area contributed by atoms with Gasteiger partial charge in [-0.2, -0.15) is 0 Å². The molecule has 0 fully saturated rings. The van der Waals surface area contributed by atoms with Crippen LogP contribution in [0.15, 0.2) is 46.9 Å². The number of benzene rings is 2. The Hall–Kier alpha value is -1.92. The molecule has 4 nitrogen and oxygen atoms in total. The van der Waals surface area contributed by atoms with Gasteiger partial charge in [0.05, 0.1) is 0 Å². The smallest absolute Gasteiger partial charge is 0.248 e. The highest BCUT2D eigenvalue weighted by Gasteiger charge is 2.07. The molecule has 5 N–H and O–H groups in total. The van der Waals surface area contributed by atoms with Gasteiger partial charge < -0.3 is 16.8 Å². The first-order valence-electron chi connectivity index (χ1n) is 5.73. The maximum atomic E-state index is 11.0. The molecule has 0 atom stereocenters. The minimum absolute atomic E-state index is 0.314. The van der Waals surface area contributed by atoms with Gasteiger partial charge in [-0.3, -0.25) is 4.79 Å². The molecular weight excluding hydrogens is 338 g/mol. The SMILES string of the molecule is NC(=O)c1ccc(Nc2cc(Br)ccc2C(N)=S)cc1. The third kappa shape index (κ3) is 3.34. The van der Waals surface area contributed by atoms with E-state index >= 15 is 0 Å². The topological polar surface area (TPSA) is 81.1 Å². The van der Waals surface area contributed by atoms with Gasteiger partial charge in [0.2, 0.25) is 5.91 Å². The number of amides is 1. The number of nitrogens with one attached hydrogen (secondary N) is 1. The second kappa shape index (κ2) is 6.02. The van der Waals surface area contributed by atoms with E-state index in [9.17, 15) is 4.79 Å². The van der Waals surface area contributed by atoms with Gasteiger partial charge in [-0.15, -0.1) is 0 Å². The van der Waals surface area contributed by atoms with Crippen LogP contribution in [0.5, 0.6) is 0 Å². The van der Waals surface area contributed by atoms with Crippen LogP contribution in [-0.2, 0) is 0 Å². The van der Waals surface area contributed by atoms with Gasteiger partial charge in [-0.05, 0) is 42.5 Å². The average molecular weight is 350 g/mol. The molecule has 0 heterocycles. The normalized spacial score (nSPS) is 10.1. The van der Waals surface area contributed by atoms with Crippen molar-refractivity contribution in [3.8, 4) is 0 Å². The zero-order valence-electron chi connectivity index (χ0n) is 10.4. The second-order valence-corrected chi connectivity index (χ2v) is 5.48. The van der Waals surface area contributed by atoms with Gasteiger partial charge in [-0.25, -0.2) is 0 Å². The molecule has 20 heavy (non-hydrogen) atoms. The highest BCUT2D eigenvalue weighted by molar-refractivity contribution is 9.10. The molecule has 0 radical (unpaired) electrons. The van der Waals surface area contributed by atoms with Crippen molar-refractivity contribution in [1.82, 2.24) is 0 Å². The third-order valence-corrected chi connectivity index (χ3v) is 3.41. The van der Waals surface area contributed by atoms with Crippen LogP contribution in [0.25, 0.3) is 0 Å². The quantitative estimate of drug-likeness (QED) is 0.741. The second-order valence-electron chi connectivity index (χ2n) is 4.12. The van der Waals surface area contributed by atoms with Crippen LogP contribution in [0.4, 0.5) is 11.4 Å². The monoisotopic (exact) mass is 349 g/mol. The lowest BCUT2D eigenvalue weighted by atomic mass is 10.1. The van der Waals surface area contributed by atoms with Crippen LogP contribution < -0.4 is 16.8 Å². The number of halogens is 1. The number of anilines is 2. The molecule has 0 saturated heterocycles. The van der Waals surface area contributed by atoms with Crippen molar-refractivity contribution in [2.24, 2.45) is 11.5 Å². The lowest BCUT2D eigenvalue weighted by Crippen LogP contribution is -2.12. The van der Waals surface area contributed by atoms with Crippen LogP contribution in [-0.4, -0.2) is 10.9 Å². The summed E-state index contributed by atoms with van der Waals surface area (Å²) in [6.45, 7) is 0. The lowest BCUT2D eigenvalue weighted by molar-refractivity contribution is 0.100. The number of nitrogens with two attached hydrogens (primary N) is 2. The van der Waals surface area contributed by atoms with Crippen LogP contribution in [0.3, 0.4) is 0 Å². The molecule has 0 aromatic heterocycles. The summed E-state index contributed by atoms with van der Waals surface area (Å²) in [5.41, 5.74) is 13.7. The predicted octanol–water partition coefficient (Wildman–Crippen LogP) is 2.93. The fourth-order valence-electron chi connectivity index (χ4n) is 1.71. The van der Waals surface area contributed by atoms with Gasteiger partial charge in [0.25, 0.3) is 0 Å². The van der Waals surface area contributed by atoms with Crippen LogP contribution >= 0.6 is 28.1 Å². The molecule has 0 unspecified atom stereocenters. The summed E-state index contributed by atoms with van der Waals surface area (Å²) in [4.78, 5) is 11.3. The lowest BCUT2D eigenvalue weighted by Gasteiger charge is -2.12. The van der Waals surface area contributed by atoms with E-state index in [1.807, 2.05) is 18.2 Å². The summed E-state index contributed by atoms with van der Waals surface area (Å²) in [7, 11) is 0. The Morgan fingerprint density at radius 2 is 1.75 bits per heavy atom.